The predicted molar refractivity (Wildman–Crippen MR) is 118 cm³/mol. The van der Waals surface area contributed by atoms with Crippen LogP contribution in [0.25, 0.3) is 0 Å². The fraction of sp³-hybridized carbons (Fsp3) is 0.316. The highest BCUT2D eigenvalue weighted by molar-refractivity contribution is 14.0. The number of nitrogens with one attached hydrogen (secondary N) is 2. The number of hydrogen-bond donors (Lipinski definition) is 2. The molecule has 0 aromatic heterocycles. The highest BCUT2D eigenvalue weighted by Gasteiger charge is 2.30. The highest BCUT2D eigenvalue weighted by atomic mass is 127. The number of halogens is 4. The average Bonchev–Trinajstić information content (AvgIpc) is 2.63. The number of guanidine groups is 1. The van der Waals surface area contributed by atoms with Crippen LogP contribution in [0.5, 0.6) is 0 Å². The van der Waals surface area contributed by atoms with Gasteiger partial charge in [-0.05, 0) is 42.3 Å². The van der Waals surface area contributed by atoms with Crippen molar-refractivity contribution in [2.24, 2.45) is 4.99 Å². The molecule has 10 heteroatoms. The molecule has 0 heterocycles. The monoisotopic (exact) mass is 541 g/mol. The van der Waals surface area contributed by atoms with Crippen molar-refractivity contribution in [2.45, 2.75) is 31.1 Å². The van der Waals surface area contributed by atoms with E-state index in [1.165, 1.54) is 18.2 Å². The first kappa shape index (κ1) is 25.2. The molecule has 0 aliphatic carbocycles. The summed E-state index contributed by atoms with van der Waals surface area (Å²) in [6.45, 7) is 2.94. The molecule has 0 fully saturated rings. The van der Waals surface area contributed by atoms with Gasteiger partial charge in [0, 0.05) is 19.3 Å². The van der Waals surface area contributed by atoms with Crippen LogP contribution in [0.2, 0.25) is 0 Å². The molecule has 0 saturated carbocycles. The molecule has 2 aromatic carbocycles. The Morgan fingerprint density at radius 2 is 1.69 bits per heavy atom. The summed E-state index contributed by atoms with van der Waals surface area (Å²) in [4.78, 5) is 4.55. The topological polar surface area (TPSA) is 70.6 Å². The zero-order valence-electron chi connectivity index (χ0n) is 16.0. The fourth-order valence-corrected chi connectivity index (χ4v) is 3.03. The summed E-state index contributed by atoms with van der Waals surface area (Å²) in [5, 5.41) is 6.10. The van der Waals surface area contributed by atoms with Crippen molar-refractivity contribution in [1.82, 2.24) is 10.6 Å². The number of benzene rings is 2. The Morgan fingerprint density at radius 1 is 1.03 bits per heavy atom. The summed E-state index contributed by atoms with van der Waals surface area (Å²) in [5.74, 6) is 0.451. The van der Waals surface area contributed by atoms with Crippen LogP contribution in [0, 0.1) is 0 Å². The lowest BCUT2D eigenvalue weighted by atomic mass is 10.1. The Bertz CT molecular complexity index is 930. The van der Waals surface area contributed by atoms with Crippen LogP contribution in [0.3, 0.4) is 0 Å². The minimum atomic E-state index is -4.39. The first-order valence-electron chi connectivity index (χ1n) is 8.57. The van der Waals surface area contributed by atoms with Gasteiger partial charge in [0.05, 0.1) is 17.0 Å². The summed E-state index contributed by atoms with van der Waals surface area (Å²) in [6, 6.07) is 11.5. The molecule has 0 bridgehead atoms. The first-order valence-corrected chi connectivity index (χ1v) is 10.5. The molecule has 0 saturated heterocycles. The van der Waals surface area contributed by atoms with Gasteiger partial charge in [-0.3, -0.25) is 0 Å². The van der Waals surface area contributed by atoms with Crippen LogP contribution in [0.15, 0.2) is 58.4 Å². The van der Waals surface area contributed by atoms with E-state index < -0.39 is 21.6 Å². The van der Waals surface area contributed by atoms with Gasteiger partial charge in [-0.1, -0.05) is 24.3 Å². The van der Waals surface area contributed by atoms with E-state index in [0.29, 0.717) is 24.6 Å². The smallest absolute Gasteiger partial charge is 0.357 e. The zero-order chi connectivity index (χ0) is 20.8. The van der Waals surface area contributed by atoms with Gasteiger partial charge in [0.25, 0.3) is 0 Å². The number of alkyl halides is 3. The summed E-state index contributed by atoms with van der Waals surface area (Å²) in [5.41, 5.74) is 0.589. The van der Waals surface area contributed by atoms with Crippen LogP contribution in [0.4, 0.5) is 13.2 Å². The minimum absolute atomic E-state index is 0. The van der Waals surface area contributed by atoms with Crippen molar-refractivity contribution in [3.8, 4) is 0 Å². The van der Waals surface area contributed by atoms with Crippen LogP contribution in [-0.2, 0) is 29.1 Å². The maximum Gasteiger partial charge on any atom is 0.416 e. The van der Waals surface area contributed by atoms with E-state index in [-0.39, 0.29) is 35.4 Å². The van der Waals surface area contributed by atoms with Crippen molar-refractivity contribution >= 4 is 39.8 Å². The Morgan fingerprint density at radius 3 is 2.24 bits per heavy atom. The van der Waals surface area contributed by atoms with Crippen LogP contribution >= 0.6 is 24.0 Å². The van der Waals surface area contributed by atoms with Crippen LogP contribution in [0.1, 0.15) is 23.6 Å². The first-order chi connectivity index (χ1) is 13.1. The van der Waals surface area contributed by atoms with Crippen molar-refractivity contribution in [1.29, 1.82) is 0 Å². The van der Waals surface area contributed by atoms with E-state index in [9.17, 15) is 21.6 Å². The van der Waals surface area contributed by atoms with Gasteiger partial charge >= 0.3 is 6.18 Å². The van der Waals surface area contributed by atoms with E-state index >= 15 is 0 Å². The molecule has 5 nitrogen and oxygen atoms in total. The molecule has 0 unspecified atom stereocenters. The zero-order valence-corrected chi connectivity index (χ0v) is 19.1. The second-order valence-corrected chi connectivity index (χ2v) is 8.18. The Labute approximate surface area is 185 Å². The molecule has 0 radical (unpaired) electrons. The number of sulfone groups is 1. The highest BCUT2D eigenvalue weighted by Crippen LogP contribution is 2.29. The molecular formula is C19H23F3IN3O2S. The lowest BCUT2D eigenvalue weighted by molar-refractivity contribution is -0.137. The van der Waals surface area contributed by atoms with E-state index in [2.05, 4.69) is 15.6 Å². The van der Waals surface area contributed by atoms with Gasteiger partial charge in [0.1, 0.15) is 0 Å². The normalized spacial score (nSPS) is 12.2. The maximum absolute atomic E-state index is 12.8. The predicted octanol–water partition coefficient (Wildman–Crippen LogP) is 3.98. The van der Waals surface area contributed by atoms with Gasteiger partial charge in [0.15, 0.2) is 15.8 Å². The van der Waals surface area contributed by atoms with Crippen molar-refractivity contribution in [3.05, 3.63) is 65.2 Å². The molecule has 2 N–H and O–H groups in total. The molecule has 0 atom stereocenters. The third-order valence-electron chi connectivity index (χ3n) is 3.83. The maximum atomic E-state index is 12.8. The molecule has 0 amide bonds. The van der Waals surface area contributed by atoms with Gasteiger partial charge < -0.3 is 10.6 Å². The lowest BCUT2D eigenvalue weighted by Gasteiger charge is -2.12. The largest absolute Gasteiger partial charge is 0.416 e. The van der Waals surface area contributed by atoms with Crippen molar-refractivity contribution in [2.75, 3.05) is 12.8 Å². The minimum Gasteiger partial charge on any atom is -0.357 e. The summed E-state index contributed by atoms with van der Waals surface area (Å²) >= 11 is 0. The fourth-order valence-electron chi connectivity index (χ4n) is 2.40. The number of hydrogen-bond acceptors (Lipinski definition) is 3. The van der Waals surface area contributed by atoms with E-state index in [1.807, 2.05) is 6.92 Å². The van der Waals surface area contributed by atoms with Crippen molar-refractivity contribution < 1.29 is 21.6 Å². The van der Waals surface area contributed by atoms with E-state index in [1.54, 1.807) is 18.2 Å². The number of aliphatic imine (C=N–C) groups is 1. The Hall–Kier alpha value is -1.82. The molecule has 0 aliphatic rings. The van der Waals surface area contributed by atoms with E-state index in [0.717, 1.165) is 24.0 Å². The molecule has 0 aliphatic heterocycles. The Balaban J connectivity index is 0.00000420. The SMILES string of the molecule is CCNC(=NCc1cccc(C(F)(F)F)c1)NCc1ccc(S(C)(=O)=O)cc1.I. The number of rotatable bonds is 6. The molecule has 2 rings (SSSR count). The van der Waals surface area contributed by atoms with E-state index in [4.69, 9.17) is 0 Å². The summed E-state index contributed by atoms with van der Waals surface area (Å²) in [7, 11) is -3.25. The van der Waals surface area contributed by atoms with Gasteiger partial charge in [-0.15, -0.1) is 24.0 Å². The number of nitrogens with zero attached hydrogens (tertiary/aromatic N) is 1. The quantitative estimate of drug-likeness (QED) is 0.330. The molecule has 2 aromatic rings. The van der Waals surface area contributed by atoms with Crippen LogP contribution < -0.4 is 10.6 Å². The van der Waals surface area contributed by atoms with Gasteiger partial charge in [-0.2, -0.15) is 13.2 Å². The second-order valence-electron chi connectivity index (χ2n) is 6.16. The third-order valence-corrected chi connectivity index (χ3v) is 4.96. The van der Waals surface area contributed by atoms with Gasteiger partial charge in [-0.25, -0.2) is 13.4 Å². The van der Waals surface area contributed by atoms with Crippen molar-refractivity contribution in [3.63, 3.8) is 0 Å². The molecular weight excluding hydrogens is 518 g/mol. The molecule has 160 valence electrons. The summed E-state index contributed by atoms with van der Waals surface area (Å²) < 4.78 is 61.4. The lowest BCUT2D eigenvalue weighted by Crippen LogP contribution is -2.36. The average molecular weight is 541 g/mol. The second kappa shape index (κ2) is 10.8. The molecule has 0 spiro atoms. The Kier molecular flexibility index (Phi) is 9.40. The van der Waals surface area contributed by atoms with Crippen LogP contribution in [-0.4, -0.2) is 27.2 Å². The standard InChI is InChI=1S/C19H22F3N3O2S.HI/c1-3-23-18(24-12-14-7-9-17(10-8-14)28(2,26)27)25-13-15-5-4-6-16(11-15)19(20,21)22;/h4-11H,3,12-13H2,1-2H3,(H2,23,24,25);1H. The van der Waals surface area contributed by atoms with Gasteiger partial charge in [0.2, 0.25) is 0 Å². The third kappa shape index (κ3) is 8.21. The molecule has 29 heavy (non-hydrogen) atoms. The summed E-state index contributed by atoms with van der Waals surface area (Å²) in [6.07, 6.45) is -3.25.